The molecule has 4 nitrogen and oxygen atoms in total. The average Bonchev–Trinajstić information content (AvgIpc) is 3.43. The minimum atomic E-state index is -0.346. The van der Waals surface area contributed by atoms with Crippen molar-refractivity contribution in [2.45, 2.75) is 36.2 Å². The summed E-state index contributed by atoms with van der Waals surface area (Å²) in [5, 5.41) is 9.38. The lowest BCUT2D eigenvalue weighted by atomic mass is 10.1. The number of ketones is 1. The van der Waals surface area contributed by atoms with Crippen molar-refractivity contribution in [3.05, 3.63) is 64.9 Å². The van der Waals surface area contributed by atoms with Crippen molar-refractivity contribution >= 4 is 29.1 Å². The van der Waals surface area contributed by atoms with Gasteiger partial charge in [-0.2, -0.15) is 0 Å². The van der Waals surface area contributed by atoms with Crippen molar-refractivity contribution in [3.63, 3.8) is 0 Å². The van der Waals surface area contributed by atoms with Crippen LogP contribution in [0, 0.1) is 5.82 Å². The highest BCUT2D eigenvalue weighted by atomic mass is 35.5. The van der Waals surface area contributed by atoms with Crippen molar-refractivity contribution in [3.8, 4) is 11.4 Å². The van der Waals surface area contributed by atoms with Gasteiger partial charge in [-0.3, -0.25) is 9.36 Å². The van der Waals surface area contributed by atoms with Crippen LogP contribution in [-0.4, -0.2) is 25.8 Å². The Bertz CT molecular complexity index is 985. The third-order valence-electron chi connectivity index (χ3n) is 4.47. The van der Waals surface area contributed by atoms with Crippen molar-refractivity contribution in [2.24, 2.45) is 0 Å². The number of carbonyl (C=O) groups is 1. The first-order valence-electron chi connectivity index (χ1n) is 8.71. The zero-order valence-electron chi connectivity index (χ0n) is 14.6. The second kappa shape index (κ2) is 7.44. The van der Waals surface area contributed by atoms with Crippen LogP contribution in [0.5, 0.6) is 0 Å². The fraction of sp³-hybridized carbons (Fsp3) is 0.250. The Labute approximate surface area is 165 Å². The largest absolute Gasteiger partial charge is 0.299 e. The van der Waals surface area contributed by atoms with E-state index in [2.05, 4.69) is 10.2 Å². The van der Waals surface area contributed by atoms with Gasteiger partial charge in [0.2, 0.25) is 0 Å². The fourth-order valence-corrected chi connectivity index (χ4v) is 4.03. The SMILES string of the molecule is CC(Sc1nnc(-c2ccccc2F)n1C1CC1)C(=O)c1ccc(Cl)cc1. The Morgan fingerprint density at radius 1 is 1.19 bits per heavy atom. The van der Waals surface area contributed by atoms with Gasteiger partial charge in [-0.05, 0) is 56.2 Å². The zero-order chi connectivity index (χ0) is 19.0. The first kappa shape index (κ1) is 18.2. The summed E-state index contributed by atoms with van der Waals surface area (Å²) in [5.41, 5.74) is 1.03. The minimum absolute atomic E-state index is 0.00513. The Hall–Kier alpha value is -2.18. The van der Waals surface area contributed by atoms with Crippen LogP contribution in [0.2, 0.25) is 5.02 Å². The molecule has 0 amide bonds. The van der Waals surface area contributed by atoms with Gasteiger partial charge in [0, 0.05) is 16.6 Å². The molecule has 0 radical (unpaired) electrons. The molecule has 138 valence electrons. The number of hydrogen-bond acceptors (Lipinski definition) is 4. The number of halogens is 2. The molecule has 4 rings (SSSR count). The van der Waals surface area contributed by atoms with Crippen LogP contribution >= 0.6 is 23.4 Å². The smallest absolute Gasteiger partial charge is 0.192 e. The predicted octanol–water partition coefficient (Wildman–Crippen LogP) is 5.44. The number of Topliss-reactive ketones (excluding diaryl/α,β-unsaturated/α-hetero) is 1. The number of rotatable bonds is 6. The topological polar surface area (TPSA) is 47.8 Å². The summed E-state index contributed by atoms with van der Waals surface area (Å²) in [6.07, 6.45) is 2.01. The summed E-state index contributed by atoms with van der Waals surface area (Å²) in [6, 6.07) is 13.7. The number of aromatic nitrogens is 3. The van der Waals surface area contributed by atoms with Gasteiger partial charge >= 0.3 is 0 Å². The maximum absolute atomic E-state index is 14.2. The van der Waals surface area contributed by atoms with Crippen LogP contribution in [0.3, 0.4) is 0 Å². The molecule has 0 saturated heterocycles. The molecular formula is C20H17ClFN3OS. The maximum atomic E-state index is 14.2. The summed E-state index contributed by atoms with van der Waals surface area (Å²) in [7, 11) is 0. The second-order valence-corrected chi connectivity index (χ2v) is 8.26. The predicted molar refractivity (Wildman–Crippen MR) is 105 cm³/mol. The van der Waals surface area contributed by atoms with Gasteiger partial charge in [0.25, 0.3) is 0 Å². The summed E-state index contributed by atoms with van der Waals surface area (Å²) in [6.45, 7) is 1.84. The summed E-state index contributed by atoms with van der Waals surface area (Å²) in [5.74, 6) is 0.187. The Balaban J connectivity index is 1.62. The van der Waals surface area contributed by atoms with E-state index in [1.807, 2.05) is 11.5 Å². The van der Waals surface area contributed by atoms with Crippen LogP contribution in [-0.2, 0) is 0 Å². The van der Waals surface area contributed by atoms with Gasteiger partial charge in [0.1, 0.15) is 5.82 Å². The lowest BCUT2D eigenvalue weighted by Gasteiger charge is -2.13. The minimum Gasteiger partial charge on any atom is -0.299 e. The van der Waals surface area contributed by atoms with E-state index in [9.17, 15) is 9.18 Å². The molecule has 0 aliphatic heterocycles. The molecule has 1 aliphatic carbocycles. The van der Waals surface area contributed by atoms with Crippen LogP contribution in [0.4, 0.5) is 4.39 Å². The molecule has 1 fully saturated rings. The maximum Gasteiger partial charge on any atom is 0.192 e. The van der Waals surface area contributed by atoms with E-state index in [1.165, 1.54) is 17.8 Å². The fourth-order valence-electron chi connectivity index (χ4n) is 2.91. The molecule has 27 heavy (non-hydrogen) atoms. The average molecular weight is 402 g/mol. The number of carbonyl (C=O) groups excluding carboxylic acids is 1. The normalized spacial score (nSPS) is 14.9. The van der Waals surface area contributed by atoms with Crippen LogP contribution in [0.1, 0.15) is 36.2 Å². The van der Waals surface area contributed by atoms with E-state index in [1.54, 1.807) is 42.5 Å². The van der Waals surface area contributed by atoms with Gasteiger partial charge in [-0.1, -0.05) is 35.5 Å². The van der Waals surface area contributed by atoms with Gasteiger partial charge in [0.05, 0.1) is 10.8 Å². The van der Waals surface area contributed by atoms with Gasteiger partial charge in [0.15, 0.2) is 16.8 Å². The molecule has 0 spiro atoms. The number of nitrogens with zero attached hydrogens (tertiary/aromatic N) is 3. The van der Waals surface area contributed by atoms with Crippen molar-refractivity contribution in [1.82, 2.24) is 14.8 Å². The molecule has 1 atom stereocenters. The van der Waals surface area contributed by atoms with Crippen molar-refractivity contribution < 1.29 is 9.18 Å². The van der Waals surface area contributed by atoms with Crippen molar-refractivity contribution in [2.75, 3.05) is 0 Å². The molecule has 0 N–H and O–H groups in total. The quantitative estimate of drug-likeness (QED) is 0.408. The van der Waals surface area contributed by atoms with Gasteiger partial charge in [-0.15, -0.1) is 10.2 Å². The van der Waals surface area contributed by atoms with E-state index in [0.29, 0.717) is 27.1 Å². The first-order chi connectivity index (χ1) is 13.0. The highest BCUT2D eigenvalue weighted by Gasteiger charge is 2.32. The van der Waals surface area contributed by atoms with Crippen LogP contribution in [0.15, 0.2) is 53.7 Å². The molecule has 3 aromatic rings. The monoisotopic (exact) mass is 401 g/mol. The molecular weight excluding hydrogens is 385 g/mol. The number of thioether (sulfide) groups is 1. The highest BCUT2D eigenvalue weighted by Crippen LogP contribution is 2.42. The molecule has 1 saturated carbocycles. The molecule has 1 unspecified atom stereocenters. The third-order valence-corrected chi connectivity index (χ3v) is 5.78. The Morgan fingerprint density at radius 3 is 2.56 bits per heavy atom. The van der Waals surface area contributed by atoms with E-state index in [4.69, 9.17) is 11.6 Å². The van der Waals surface area contributed by atoms with Gasteiger partial charge in [-0.25, -0.2) is 4.39 Å². The molecule has 7 heteroatoms. The first-order valence-corrected chi connectivity index (χ1v) is 9.96. The third kappa shape index (κ3) is 3.77. The van der Waals surface area contributed by atoms with Gasteiger partial charge < -0.3 is 0 Å². The number of hydrogen-bond donors (Lipinski definition) is 0. The molecule has 1 heterocycles. The van der Waals surface area contributed by atoms with E-state index < -0.39 is 0 Å². The Morgan fingerprint density at radius 2 is 1.89 bits per heavy atom. The van der Waals surface area contributed by atoms with Crippen LogP contribution < -0.4 is 0 Å². The standard InChI is InChI=1S/C20H17ClFN3OS/c1-12(18(26)13-6-8-14(21)9-7-13)27-20-24-23-19(25(20)15-10-11-15)16-4-2-3-5-17(16)22/h2-9,12,15H,10-11H2,1H3. The zero-order valence-corrected chi connectivity index (χ0v) is 16.2. The lowest BCUT2D eigenvalue weighted by Crippen LogP contribution is -2.14. The molecule has 1 aromatic heterocycles. The van der Waals surface area contributed by atoms with E-state index in [-0.39, 0.29) is 22.9 Å². The van der Waals surface area contributed by atoms with Crippen LogP contribution in [0.25, 0.3) is 11.4 Å². The second-order valence-electron chi connectivity index (χ2n) is 6.52. The molecule has 1 aliphatic rings. The van der Waals surface area contributed by atoms with Crippen molar-refractivity contribution in [1.29, 1.82) is 0 Å². The lowest BCUT2D eigenvalue weighted by molar-refractivity contribution is 0.0994. The molecule has 2 aromatic carbocycles. The Kier molecular flexibility index (Phi) is 5.02. The number of benzene rings is 2. The highest BCUT2D eigenvalue weighted by molar-refractivity contribution is 8.00. The summed E-state index contributed by atoms with van der Waals surface area (Å²) < 4.78 is 16.2. The molecule has 0 bridgehead atoms. The summed E-state index contributed by atoms with van der Waals surface area (Å²) >= 11 is 7.24. The van der Waals surface area contributed by atoms with E-state index >= 15 is 0 Å². The van der Waals surface area contributed by atoms with E-state index in [0.717, 1.165) is 12.8 Å². The summed E-state index contributed by atoms with van der Waals surface area (Å²) in [4.78, 5) is 12.7.